The van der Waals surface area contributed by atoms with Crippen LogP contribution in [0.15, 0.2) is 58.3 Å². The third kappa shape index (κ3) is 76.0. The summed E-state index contributed by atoms with van der Waals surface area (Å²) in [5.74, 6) is 0. The van der Waals surface area contributed by atoms with Crippen LogP contribution in [0.1, 0.15) is 90.5 Å². The van der Waals surface area contributed by atoms with Crippen LogP contribution in [-0.2, 0) is 0 Å². The first-order valence-corrected chi connectivity index (χ1v) is 8.49. The maximum atomic E-state index is 11.0. The SMILES string of the molecule is C.C=C(C)C.CC(C)=C(C)C.CC(C)=C(F)F.CC(C)=C(F)F.CC(C)=C(F)F. The molecule has 0 aliphatic heterocycles. The van der Waals surface area contributed by atoms with Gasteiger partial charge in [-0.25, -0.2) is 0 Å². The summed E-state index contributed by atoms with van der Waals surface area (Å²) in [6.45, 7) is 24.2. The van der Waals surface area contributed by atoms with Gasteiger partial charge in [0, 0.05) is 0 Å². The topological polar surface area (TPSA) is 0 Å². The summed E-state index contributed by atoms with van der Waals surface area (Å²) in [5.41, 5.74) is 4.30. The van der Waals surface area contributed by atoms with Crippen LogP contribution in [0.25, 0.3) is 0 Å². The van der Waals surface area contributed by atoms with Crippen molar-refractivity contribution in [3.8, 4) is 0 Å². The summed E-state index contributed by atoms with van der Waals surface area (Å²) >= 11 is 0. The second-order valence-electron chi connectivity index (χ2n) is 6.99. The standard InChI is InChI=1S/C6H12.3C4H6F2.C4H8.CH4/c1-5(2)6(3)4;3*1-3(2)4(5)6;1-4(2)3;/h1-4H3;3*1-2H3;1H2,2-3H3;1H4. The molecule has 0 saturated heterocycles. The van der Waals surface area contributed by atoms with Gasteiger partial charge in [-0.2, -0.15) is 26.3 Å². The van der Waals surface area contributed by atoms with Gasteiger partial charge in [0.25, 0.3) is 18.2 Å². The molecule has 0 amide bonds. The molecule has 0 nitrogen and oxygen atoms in total. The van der Waals surface area contributed by atoms with E-state index in [9.17, 15) is 26.3 Å². The van der Waals surface area contributed by atoms with Crippen molar-refractivity contribution in [2.24, 2.45) is 0 Å². The van der Waals surface area contributed by atoms with Gasteiger partial charge in [0.1, 0.15) is 0 Å². The van der Waals surface area contributed by atoms with Crippen molar-refractivity contribution in [3.63, 3.8) is 0 Å². The Balaban J connectivity index is -0.0000000569. The molecule has 0 rings (SSSR count). The Morgan fingerprint density at radius 1 is 0.379 bits per heavy atom. The monoisotopic (exact) mass is 432 g/mol. The average Bonchev–Trinajstić information content (AvgIpc) is 2.47. The Morgan fingerprint density at radius 2 is 0.448 bits per heavy atom. The molecule has 0 aromatic carbocycles. The van der Waals surface area contributed by atoms with Crippen molar-refractivity contribution in [3.05, 3.63) is 58.3 Å². The van der Waals surface area contributed by atoms with Crippen molar-refractivity contribution in [1.29, 1.82) is 0 Å². The van der Waals surface area contributed by atoms with Crippen molar-refractivity contribution in [1.82, 2.24) is 0 Å². The Hall–Kier alpha value is -1.72. The molecule has 0 aromatic rings. The molecule has 6 heteroatoms. The van der Waals surface area contributed by atoms with Crippen molar-refractivity contribution >= 4 is 0 Å². The quantitative estimate of drug-likeness (QED) is 0.264. The molecule has 0 radical (unpaired) electrons. The first kappa shape index (κ1) is 41.6. The lowest BCUT2D eigenvalue weighted by atomic mass is 10.2. The Bertz CT molecular complexity index is 386. The maximum Gasteiger partial charge on any atom is 0.268 e. The fourth-order valence-electron chi connectivity index (χ4n) is 0. The number of hydrogen-bond acceptors (Lipinski definition) is 0. The van der Waals surface area contributed by atoms with Gasteiger partial charge in [0.15, 0.2) is 0 Å². The first-order valence-electron chi connectivity index (χ1n) is 8.49. The summed E-state index contributed by atoms with van der Waals surface area (Å²) in [6.07, 6.45) is -4.72. The number of rotatable bonds is 0. The minimum absolute atomic E-state index is 0. The molecule has 0 aromatic heterocycles. The fraction of sp³-hybridized carbons (Fsp3) is 0.565. The van der Waals surface area contributed by atoms with Crippen LogP contribution in [0, 0.1) is 0 Å². The molecule has 0 aliphatic rings. The van der Waals surface area contributed by atoms with Crippen molar-refractivity contribution in [2.45, 2.75) is 90.5 Å². The highest BCUT2D eigenvalue weighted by Crippen LogP contribution is 2.04. The maximum absolute atomic E-state index is 11.0. The zero-order valence-corrected chi connectivity index (χ0v) is 19.5. The molecule has 0 spiro atoms. The van der Waals surface area contributed by atoms with Gasteiger partial charge < -0.3 is 0 Å². The van der Waals surface area contributed by atoms with E-state index in [1.807, 2.05) is 13.8 Å². The number of allylic oxidation sites excluding steroid dienone is 6. The van der Waals surface area contributed by atoms with Gasteiger partial charge in [0.05, 0.1) is 0 Å². The molecule has 0 fully saturated rings. The fourth-order valence-corrected chi connectivity index (χ4v) is 0. The normalized spacial score (nSPS) is 7.52. The van der Waals surface area contributed by atoms with Gasteiger partial charge in [0.2, 0.25) is 0 Å². The summed E-state index contributed by atoms with van der Waals surface area (Å²) in [7, 11) is 0. The minimum atomic E-state index is -1.57. The Kier molecular flexibility index (Phi) is 37.7. The van der Waals surface area contributed by atoms with Crippen LogP contribution >= 0.6 is 0 Å². The van der Waals surface area contributed by atoms with E-state index in [4.69, 9.17) is 0 Å². The van der Waals surface area contributed by atoms with E-state index < -0.39 is 18.2 Å². The van der Waals surface area contributed by atoms with E-state index >= 15 is 0 Å². The zero-order valence-electron chi connectivity index (χ0n) is 19.5. The highest BCUT2D eigenvalue weighted by molar-refractivity contribution is 5.02. The van der Waals surface area contributed by atoms with Crippen LogP contribution in [0.2, 0.25) is 0 Å². The summed E-state index contributed by atoms with van der Waals surface area (Å²) in [6, 6.07) is 0. The van der Waals surface area contributed by atoms with E-state index in [0.29, 0.717) is 0 Å². The molecule has 0 saturated carbocycles. The molecule has 0 bridgehead atoms. The van der Waals surface area contributed by atoms with Gasteiger partial charge in [-0.05, 0) is 99.8 Å². The first-order chi connectivity index (χ1) is 12.3. The van der Waals surface area contributed by atoms with Crippen LogP contribution in [0.4, 0.5) is 26.3 Å². The van der Waals surface area contributed by atoms with Crippen molar-refractivity contribution < 1.29 is 26.3 Å². The Labute approximate surface area is 175 Å². The van der Waals surface area contributed by atoms with Gasteiger partial charge in [-0.3, -0.25) is 0 Å². The molecule has 0 heterocycles. The average molecular weight is 433 g/mol. The molecular weight excluding hydrogens is 390 g/mol. The van der Waals surface area contributed by atoms with Gasteiger partial charge in [-0.1, -0.05) is 24.1 Å². The predicted octanol–water partition coefficient (Wildman–Crippen LogP) is 11.1. The van der Waals surface area contributed by atoms with E-state index in [0.717, 1.165) is 0 Å². The summed E-state index contributed by atoms with van der Waals surface area (Å²) < 4.78 is 66.2. The van der Waals surface area contributed by atoms with Crippen LogP contribution in [0.5, 0.6) is 0 Å². The molecule has 176 valence electrons. The molecular formula is C23H42F6. The van der Waals surface area contributed by atoms with Gasteiger partial charge in [-0.15, -0.1) is 6.58 Å². The van der Waals surface area contributed by atoms with Crippen LogP contribution in [-0.4, -0.2) is 0 Å². The van der Waals surface area contributed by atoms with Gasteiger partial charge >= 0.3 is 0 Å². The molecule has 0 aliphatic carbocycles. The largest absolute Gasteiger partial charge is 0.268 e. The van der Waals surface area contributed by atoms with E-state index in [1.54, 1.807) is 0 Å². The molecule has 29 heavy (non-hydrogen) atoms. The Morgan fingerprint density at radius 3 is 0.448 bits per heavy atom. The van der Waals surface area contributed by atoms with E-state index in [1.165, 1.54) is 58.3 Å². The van der Waals surface area contributed by atoms with E-state index in [2.05, 4.69) is 34.3 Å². The molecule has 0 N–H and O–H groups in total. The third-order valence-electron chi connectivity index (χ3n) is 2.13. The van der Waals surface area contributed by atoms with E-state index in [-0.39, 0.29) is 24.1 Å². The lowest BCUT2D eigenvalue weighted by Gasteiger charge is -1.88. The number of hydrogen-bond donors (Lipinski definition) is 0. The van der Waals surface area contributed by atoms with Crippen molar-refractivity contribution in [2.75, 3.05) is 0 Å². The second kappa shape index (κ2) is 26.3. The molecule has 0 atom stereocenters. The second-order valence-corrected chi connectivity index (χ2v) is 6.99. The summed E-state index contributed by atoms with van der Waals surface area (Å²) in [5, 5.41) is 0. The summed E-state index contributed by atoms with van der Waals surface area (Å²) in [4.78, 5) is 0. The highest BCUT2D eigenvalue weighted by atomic mass is 19.3. The minimum Gasteiger partial charge on any atom is -0.173 e. The zero-order chi connectivity index (χ0) is 24.2. The third-order valence-corrected chi connectivity index (χ3v) is 2.13. The lowest BCUT2D eigenvalue weighted by molar-refractivity contribution is 0.411. The molecule has 0 unspecified atom stereocenters. The lowest BCUT2D eigenvalue weighted by Crippen LogP contribution is -1.66. The van der Waals surface area contributed by atoms with Crippen LogP contribution < -0.4 is 0 Å². The number of halogens is 6. The predicted molar refractivity (Wildman–Crippen MR) is 119 cm³/mol. The smallest absolute Gasteiger partial charge is 0.173 e. The highest BCUT2D eigenvalue weighted by Gasteiger charge is 1.88. The van der Waals surface area contributed by atoms with Crippen LogP contribution in [0.3, 0.4) is 0 Å².